The van der Waals surface area contributed by atoms with Crippen LogP contribution < -0.4 is 5.32 Å². The van der Waals surface area contributed by atoms with E-state index in [1.165, 1.54) is 0 Å². The van der Waals surface area contributed by atoms with E-state index in [0.717, 1.165) is 17.2 Å². The van der Waals surface area contributed by atoms with E-state index < -0.39 is 0 Å². The number of aryl methyl sites for hydroxylation is 1. The second-order valence-electron chi connectivity index (χ2n) is 3.46. The van der Waals surface area contributed by atoms with Gasteiger partial charge in [-0.3, -0.25) is 4.79 Å². The van der Waals surface area contributed by atoms with E-state index in [4.69, 9.17) is 0 Å². The Morgan fingerprint density at radius 1 is 1.67 bits per heavy atom. The molecule has 0 aliphatic rings. The van der Waals surface area contributed by atoms with E-state index in [-0.39, 0.29) is 5.91 Å². The van der Waals surface area contributed by atoms with Crippen molar-refractivity contribution in [1.82, 2.24) is 15.2 Å². The highest BCUT2D eigenvalue weighted by molar-refractivity contribution is 7.09. The van der Waals surface area contributed by atoms with Crippen LogP contribution in [-0.4, -0.2) is 36.4 Å². The monoisotopic (exact) mass is 227 g/mol. The summed E-state index contributed by atoms with van der Waals surface area (Å²) < 4.78 is 0. The molecular weight excluding hydrogens is 210 g/mol. The summed E-state index contributed by atoms with van der Waals surface area (Å²) in [6, 6.07) is 0. The van der Waals surface area contributed by atoms with Gasteiger partial charge in [0.1, 0.15) is 0 Å². The fraction of sp³-hybridized carbons (Fsp3) is 0.600. The van der Waals surface area contributed by atoms with Crippen molar-refractivity contribution in [3.63, 3.8) is 0 Å². The molecule has 1 aromatic rings. The van der Waals surface area contributed by atoms with Gasteiger partial charge >= 0.3 is 0 Å². The lowest BCUT2D eigenvalue weighted by molar-refractivity contribution is -0.130. The predicted molar refractivity (Wildman–Crippen MR) is 61.9 cm³/mol. The Kier molecular flexibility index (Phi) is 4.71. The van der Waals surface area contributed by atoms with Gasteiger partial charge in [0.15, 0.2) is 0 Å². The third-order valence-electron chi connectivity index (χ3n) is 2.08. The lowest BCUT2D eigenvalue weighted by Crippen LogP contribution is -2.28. The minimum atomic E-state index is 0.148. The van der Waals surface area contributed by atoms with Crippen molar-refractivity contribution in [1.29, 1.82) is 0 Å². The van der Waals surface area contributed by atoms with Crippen molar-refractivity contribution in [3.05, 3.63) is 16.1 Å². The molecule has 1 amide bonds. The first kappa shape index (κ1) is 12.1. The van der Waals surface area contributed by atoms with Crippen LogP contribution in [0.25, 0.3) is 0 Å². The van der Waals surface area contributed by atoms with Crippen LogP contribution in [0.15, 0.2) is 5.38 Å². The van der Waals surface area contributed by atoms with Gasteiger partial charge in [-0.05, 0) is 14.0 Å². The zero-order valence-corrected chi connectivity index (χ0v) is 10.2. The number of thiazole rings is 1. The van der Waals surface area contributed by atoms with Crippen molar-refractivity contribution in [2.45, 2.75) is 19.9 Å². The van der Waals surface area contributed by atoms with Crippen molar-refractivity contribution >= 4 is 17.2 Å². The van der Waals surface area contributed by atoms with Crippen LogP contribution in [0, 0.1) is 6.92 Å². The molecule has 0 atom stereocenters. The Morgan fingerprint density at radius 2 is 2.40 bits per heavy atom. The van der Waals surface area contributed by atoms with Gasteiger partial charge in [0, 0.05) is 25.4 Å². The second kappa shape index (κ2) is 5.82. The molecule has 1 aromatic heterocycles. The molecule has 0 aromatic carbocycles. The van der Waals surface area contributed by atoms with Gasteiger partial charge < -0.3 is 10.2 Å². The van der Waals surface area contributed by atoms with Crippen LogP contribution in [0.5, 0.6) is 0 Å². The molecule has 1 heterocycles. The molecule has 1 N–H and O–H groups in total. The number of nitrogens with zero attached hydrogens (tertiary/aromatic N) is 2. The first-order valence-electron chi connectivity index (χ1n) is 4.93. The molecule has 0 radical (unpaired) electrons. The summed E-state index contributed by atoms with van der Waals surface area (Å²) in [6.45, 7) is 3.29. The van der Waals surface area contributed by atoms with Crippen LogP contribution in [0.2, 0.25) is 0 Å². The van der Waals surface area contributed by atoms with Crippen LogP contribution in [0.3, 0.4) is 0 Å². The molecular formula is C10H17N3OS. The zero-order valence-electron chi connectivity index (χ0n) is 9.41. The third kappa shape index (κ3) is 3.97. The van der Waals surface area contributed by atoms with Gasteiger partial charge in [0.25, 0.3) is 0 Å². The molecule has 84 valence electrons. The maximum Gasteiger partial charge on any atom is 0.223 e. The number of hydrogen-bond donors (Lipinski definition) is 1. The average molecular weight is 227 g/mol. The Balaban J connectivity index is 2.41. The lowest BCUT2D eigenvalue weighted by atomic mass is 10.3. The van der Waals surface area contributed by atoms with Crippen LogP contribution in [0.4, 0.5) is 0 Å². The van der Waals surface area contributed by atoms with Gasteiger partial charge in [-0.2, -0.15) is 0 Å². The highest BCUT2D eigenvalue weighted by atomic mass is 32.1. The molecule has 5 heteroatoms. The maximum atomic E-state index is 11.6. The first-order chi connectivity index (χ1) is 7.13. The normalized spacial score (nSPS) is 10.3. The van der Waals surface area contributed by atoms with Gasteiger partial charge in [0.05, 0.1) is 17.2 Å². The Bertz CT molecular complexity index is 324. The van der Waals surface area contributed by atoms with E-state index in [2.05, 4.69) is 10.3 Å². The molecule has 0 saturated heterocycles. The predicted octanol–water partition coefficient (Wildman–Crippen LogP) is 1.02. The van der Waals surface area contributed by atoms with Crippen molar-refractivity contribution < 1.29 is 4.79 Å². The van der Waals surface area contributed by atoms with E-state index >= 15 is 0 Å². The second-order valence-corrected chi connectivity index (χ2v) is 4.52. The lowest BCUT2D eigenvalue weighted by Gasteiger charge is -2.15. The summed E-state index contributed by atoms with van der Waals surface area (Å²) in [7, 11) is 3.66. The summed E-state index contributed by atoms with van der Waals surface area (Å²) in [5.74, 6) is 0.148. The minimum absolute atomic E-state index is 0.148. The molecule has 0 saturated carbocycles. The molecule has 0 aliphatic heterocycles. The van der Waals surface area contributed by atoms with Gasteiger partial charge in [-0.15, -0.1) is 11.3 Å². The van der Waals surface area contributed by atoms with Crippen molar-refractivity contribution in [2.24, 2.45) is 0 Å². The highest BCUT2D eigenvalue weighted by Gasteiger charge is 2.09. The number of nitrogens with one attached hydrogen (secondary N) is 1. The minimum Gasteiger partial charge on any atom is -0.340 e. The molecule has 0 fully saturated rings. The number of amides is 1. The fourth-order valence-electron chi connectivity index (χ4n) is 1.23. The highest BCUT2D eigenvalue weighted by Crippen LogP contribution is 2.09. The van der Waals surface area contributed by atoms with Gasteiger partial charge in [-0.25, -0.2) is 4.98 Å². The molecule has 0 unspecified atom stereocenters. The van der Waals surface area contributed by atoms with Gasteiger partial charge in [0.2, 0.25) is 5.91 Å². The summed E-state index contributed by atoms with van der Waals surface area (Å²) in [4.78, 5) is 17.6. The standard InChI is InChI=1S/C10H17N3OS/c1-8-12-9(7-15-8)6-13(3)10(14)4-5-11-2/h7,11H,4-6H2,1-3H3. The number of carbonyl (C=O) groups is 1. The average Bonchev–Trinajstić information content (AvgIpc) is 2.60. The van der Waals surface area contributed by atoms with Crippen LogP contribution in [0.1, 0.15) is 17.1 Å². The van der Waals surface area contributed by atoms with Crippen molar-refractivity contribution in [3.8, 4) is 0 Å². The summed E-state index contributed by atoms with van der Waals surface area (Å²) in [6.07, 6.45) is 0.538. The van der Waals surface area contributed by atoms with E-state index in [1.54, 1.807) is 16.2 Å². The van der Waals surface area contributed by atoms with E-state index in [9.17, 15) is 4.79 Å². The molecule has 0 spiro atoms. The molecule has 4 nitrogen and oxygen atoms in total. The van der Waals surface area contributed by atoms with Crippen LogP contribution >= 0.6 is 11.3 Å². The summed E-state index contributed by atoms with van der Waals surface area (Å²) in [5.41, 5.74) is 0.970. The van der Waals surface area contributed by atoms with Crippen molar-refractivity contribution in [2.75, 3.05) is 20.6 Å². The number of rotatable bonds is 5. The topological polar surface area (TPSA) is 45.2 Å². The SMILES string of the molecule is CNCCC(=O)N(C)Cc1csc(C)n1. The first-order valence-corrected chi connectivity index (χ1v) is 5.81. The zero-order chi connectivity index (χ0) is 11.3. The fourth-order valence-corrected chi connectivity index (χ4v) is 1.84. The number of aromatic nitrogens is 1. The summed E-state index contributed by atoms with van der Waals surface area (Å²) >= 11 is 1.61. The number of carbonyl (C=O) groups excluding carboxylic acids is 1. The Morgan fingerprint density at radius 3 is 2.93 bits per heavy atom. The Labute approximate surface area is 94.3 Å². The van der Waals surface area contributed by atoms with E-state index in [1.807, 2.05) is 26.4 Å². The maximum absolute atomic E-state index is 11.6. The quantitative estimate of drug-likeness (QED) is 0.817. The van der Waals surface area contributed by atoms with Crippen LogP contribution in [-0.2, 0) is 11.3 Å². The molecule has 0 aliphatic carbocycles. The smallest absolute Gasteiger partial charge is 0.223 e. The largest absolute Gasteiger partial charge is 0.340 e. The van der Waals surface area contributed by atoms with Gasteiger partial charge in [-0.1, -0.05) is 0 Å². The number of hydrogen-bond acceptors (Lipinski definition) is 4. The summed E-state index contributed by atoms with van der Waals surface area (Å²) in [5, 5.41) is 6.00. The molecule has 15 heavy (non-hydrogen) atoms. The third-order valence-corrected chi connectivity index (χ3v) is 2.90. The van der Waals surface area contributed by atoms with E-state index in [0.29, 0.717) is 13.0 Å². The molecule has 0 bridgehead atoms. The Hall–Kier alpha value is -0.940. The molecule has 1 rings (SSSR count).